The molecule has 0 amide bonds. The second-order valence-corrected chi connectivity index (χ2v) is 4.32. The summed E-state index contributed by atoms with van der Waals surface area (Å²) in [6.07, 6.45) is 8.61. The summed E-state index contributed by atoms with van der Waals surface area (Å²) in [5.41, 5.74) is 0.555. The number of esters is 1. The molecule has 1 aromatic heterocycles. The maximum atomic E-state index is 11.4. The third kappa shape index (κ3) is 2.62. The van der Waals surface area contributed by atoms with Crippen molar-refractivity contribution in [3.63, 3.8) is 0 Å². The molecule has 4 nitrogen and oxygen atoms in total. The first-order chi connectivity index (χ1) is 7.79. The van der Waals surface area contributed by atoms with E-state index in [9.17, 15) is 4.79 Å². The Balaban J connectivity index is 1.93. The van der Waals surface area contributed by atoms with Gasteiger partial charge in [0.25, 0.3) is 0 Å². The van der Waals surface area contributed by atoms with E-state index >= 15 is 0 Å². The third-order valence-corrected chi connectivity index (χ3v) is 3.06. The van der Waals surface area contributed by atoms with Crippen molar-refractivity contribution in [1.29, 1.82) is 0 Å². The number of carbonyl (C=O) groups is 1. The van der Waals surface area contributed by atoms with Gasteiger partial charge in [-0.05, 0) is 25.7 Å². The van der Waals surface area contributed by atoms with Crippen molar-refractivity contribution < 1.29 is 9.53 Å². The lowest BCUT2D eigenvalue weighted by molar-refractivity contribution is 0.0526. The molecule has 16 heavy (non-hydrogen) atoms. The molecule has 0 spiro atoms. The molecule has 4 heteroatoms. The number of nitrogens with zero attached hydrogens (tertiary/aromatic N) is 2. The molecule has 1 aromatic rings. The summed E-state index contributed by atoms with van der Waals surface area (Å²) in [6.45, 7) is 3.15. The van der Waals surface area contributed by atoms with Gasteiger partial charge in [0.2, 0.25) is 0 Å². The number of carbonyl (C=O) groups excluding carboxylic acids is 1. The van der Waals surface area contributed by atoms with Gasteiger partial charge in [-0.2, -0.15) is 5.10 Å². The number of ether oxygens (including phenoxy) is 1. The van der Waals surface area contributed by atoms with Gasteiger partial charge < -0.3 is 4.74 Å². The molecule has 1 fully saturated rings. The quantitative estimate of drug-likeness (QED) is 0.734. The van der Waals surface area contributed by atoms with Gasteiger partial charge in [0.15, 0.2) is 0 Å². The van der Waals surface area contributed by atoms with Gasteiger partial charge in [0.05, 0.1) is 18.4 Å². The lowest BCUT2D eigenvalue weighted by Crippen LogP contribution is -2.08. The Hall–Kier alpha value is -1.32. The van der Waals surface area contributed by atoms with Crippen molar-refractivity contribution in [1.82, 2.24) is 9.78 Å². The minimum atomic E-state index is -0.278. The molecule has 0 bridgehead atoms. The van der Waals surface area contributed by atoms with Crippen LogP contribution < -0.4 is 0 Å². The largest absolute Gasteiger partial charge is 0.462 e. The molecule has 1 saturated carbocycles. The molecule has 0 atom stereocenters. The molecule has 0 unspecified atom stereocenters. The summed E-state index contributed by atoms with van der Waals surface area (Å²) in [4.78, 5) is 11.4. The van der Waals surface area contributed by atoms with E-state index in [2.05, 4.69) is 5.10 Å². The van der Waals surface area contributed by atoms with Crippen LogP contribution in [0.15, 0.2) is 12.4 Å². The van der Waals surface area contributed by atoms with Gasteiger partial charge in [-0.1, -0.05) is 12.8 Å². The molecule has 2 rings (SSSR count). The highest BCUT2D eigenvalue weighted by Crippen LogP contribution is 2.25. The SMILES string of the molecule is CCOC(=O)c1cnn(CC2CCCC2)c1. The number of hydrogen-bond acceptors (Lipinski definition) is 3. The first-order valence-electron chi connectivity index (χ1n) is 5.99. The Morgan fingerprint density at radius 2 is 2.31 bits per heavy atom. The van der Waals surface area contributed by atoms with Crippen LogP contribution in [-0.4, -0.2) is 22.4 Å². The van der Waals surface area contributed by atoms with Crippen LogP contribution in [0.25, 0.3) is 0 Å². The van der Waals surface area contributed by atoms with Crippen LogP contribution in [-0.2, 0) is 11.3 Å². The first kappa shape index (κ1) is 11.2. The molecule has 1 aliphatic rings. The smallest absolute Gasteiger partial charge is 0.341 e. The molecular weight excluding hydrogens is 204 g/mol. The van der Waals surface area contributed by atoms with Crippen LogP contribution >= 0.6 is 0 Å². The van der Waals surface area contributed by atoms with E-state index in [1.807, 2.05) is 4.68 Å². The third-order valence-electron chi connectivity index (χ3n) is 3.06. The van der Waals surface area contributed by atoms with E-state index in [0.29, 0.717) is 12.2 Å². The molecule has 1 aliphatic carbocycles. The summed E-state index contributed by atoms with van der Waals surface area (Å²) in [5, 5.41) is 4.20. The molecule has 0 radical (unpaired) electrons. The predicted octanol–water partition coefficient (Wildman–Crippen LogP) is 2.25. The fourth-order valence-electron chi connectivity index (χ4n) is 2.24. The van der Waals surface area contributed by atoms with Crippen molar-refractivity contribution >= 4 is 5.97 Å². The molecule has 0 N–H and O–H groups in total. The minimum absolute atomic E-state index is 0.278. The van der Waals surface area contributed by atoms with Crippen LogP contribution in [0.1, 0.15) is 43.0 Å². The van der Waals surface area contributed by atoms with E-state index in [4.69, 9.17) is 4.74 Å². The summed E-state index contributed by atoms with van der Waals surface area (Å²) < 4.78 is 6.78. The molecule has 0 aromatic carbocycles. The van der Waals surface area contributed by atoms with E-state index in [0.717, 1.165) is 12.5 Å². The Morgan fingerprint density at radius 1 is 1.56 bits per heavy atom. The van der Waals surface area contributed by atoms with Crippen molar-refractivity contribution in [2.24, 2.45) is 5.92 Å². The highest BCUT2D eigenvalue weighted by atomic mass is 16.5. The zero-order chi connectivity index (χ0) is 11.4. The molecule has 0 saturated heterocycles. The summed E-state index contributed by atoms with van der Waals surface area (Å²) in [7, 11) is 0. The second-order valence-electron chi connectivity index (χ2n) is 4.32. The minimum Gasteiger partial charge on any atom is -0.462 e. The van der Waals surface area contributed by atoms with Crippen molar-refractivity contribution in [2.45, 2.75) is 39.2 Å². The maximum absolute atomic E-state index is 11.4. The predicted molar refractivity (Wildman–Crippen MR) is 60.1 cm³/mol. The van der Waals surface area contributed by atoms with Gasteiger partial charge >= 0.3 is 5.97 Å². The van der Waals surface area contributed by atoms with Crippen LogP contribution in [0.4, 0.5) is 0 Å². The molecule has 1 heterocycles. The Bertz CT molecular complexity index is 354. The van der Waals surface area contributed by atoms with E-state index in [1.165, 1.54) is 25.7 Å². The average molecular weight is 222 g/mol. The molecule has 88 valence electrons. The topological polar surface area (TPSA) is 44.1 Å². The zero-order valence-corrected chi connectivity index (χ0v) is 9.69. The van der Waals surface area contributed by atoms with E-state index in [-0.39, 0.29) is 5.97 Å². The van der Waals surface area contributed by atoms with Gasteiger partial charge in [0, 0.05) is 12.7 Å². The Morgan fingerprint density at radius 3 is 3.00 bits per heavy atom. The van der Waals surface area contributed by atoms with Crippen molar-refractivity contribution in [3.8, 4) is 0 Å². The van der Waals surface area contributed by atoms with Crippen LogP contribution in [0.5, 0.6) is 0 Å². The monoisotopic (exact) mass is 222 g/mol. The maximum Gasteiger partial charge on any atom is 0.341 e. The van der Waals surface area contributed by atoms with Gasteiger partial charge in [-0.15, -0.1) is 0 Å². The molecule has 0 aliphatic heterocycles. The zero-order valence-electron chi connectivity index (χ0n) is 9.69. The van der Waals surface area contributed by atoms with Crippen LogP contribution in [0.2, 0.25) is 0 Å². The highest BCUT2D eigenvalue weighted by Gasteiger charge is 2.17. The average Bonchev–Trinajstić information content (AvgIpc) is 2.90. The second kappa shape index (κ2) is 5.14. The fraction of sp³-hybridized carbons (Fsp3) is 0.667. The molecular formula is C12H18N2O2. The highest BCUT2D eigenvalue weighted by molar-refractivity contribution is 5.88. The summed E-state index contributed by atoms with van der Waals surface area (Å²) in [6, 6.07) is 0. The number of hydrogen-bond donors (Lipinski definition) is 0. The number of aromatic nitrogens is 2. The lowest BCUT2D eigenvalue weighted by Gasteiger charge is -2.07. The van der Waals surface area contributed by atoms with Crippen LogP contribution in [0.3, 0.4) is 0 Å². The van der Waals surface area contributed by atoms with Gasteiger partial charge in [0.1, 0.15) is 0 Å². The van der Waals surface area contributed by atoms with Crippen molar-refractivity contribution in [3.05, 3.63) is 18.0 Å². The van der Waals surface area contributed by atoms with Crippen LogP contribution in [0, 0.1) is 5.92 Å². The Labute approximate surface area is 95.6 Å². The van der Waals surface area contributed by atoms with Crippen molar-refractivity contribution in [2.75, 3.05) is 6.61 Å². The standard InChI is InChI=1S/C12H18N2O2/c1-2-16-12(15)11-7-13-14(9-11)8-10-5-3-4-6-10/h7,9-10H,2-6,8H2,1H3. The summed E-state index contributed by atoms with van der Waals surface area (Å²) >= 11 is 0. The fourth-order valence-corrected chi connectivity index (χ4v) is 2.24. The van der Waals surface area contributed by atoms with E-state index in [1.54, 1.807) is 19.3 Å². The number of rotatable bonds is 4. The van der Waals surface area contributed by atoms with Gasteiger partial charge in [-0.3, -0.25) is 4.68 Å². The van der Waals surface area contributed by atoms with Gasteiger partial charge in [-0.25, -0.2) is 4.79 Å². The first-order valence-corrected chi connectivity index (χ1v) is 5.99. The lowest BCUT2D eigenvalue weighted by atomic mass is 10.1. The van der Waals surface area contributed by atoms with E-state index < -0.39 is 0 Å². The Kier molecular flexibility index (Phi) is 3.59. The summed E-state index contributed by atoms with van der Waals surface area (Å²) in [5.74, 6) is 0.454. The normalized spacial score (nSPS) is 16.6.